The molecular weight excluding hydrogens is 124 g/mol. The summed E-state index contributed by atoms with van der Waals surface area (Å²) in [5, 5.41) is 8.48. The number of hydrogen-bond acceptors (Lipinski definition) is 1. The molecule has 0 aromatic carbocycles. The van der Waals surface area contributed by atoms with Gasteiger partial charge in [0.1, 0.15) is 0 Å². The van der Waals surface area contributed by atoms with Gasteiger partial charge in [0.25, 0.3) is 0 Å². The molecule has 0 bridgehead atoms. The van der Waals surface area contributed by atoms with Gasteiger partial charge in [-0.05, 0) is 13.3 Å². The van der Waals surface area contributed by atoms with Crippen molar-refractivity contribution in [2.75, 3.05) is 6.61 Å². The molecule has 0 amide bonds. The first kappa shape index (κ1) is 9.18. The van der Waals surface area contributed by atoms with Crippen LogP contribution in [0.15, 0.2) is 36.5 Å². The number of aliphatic hydroxyl groups is 1. The normalized spacial score (nSPS) is 11.4. The fraction of sp³-hybridized carbons (Fsp3) is 0.333. The van der Waals surface area contributed by atoms with E-state index in [9.17, 15) is 0 Å². The van der Waals surface area contributed by atoms with E-state index in [0.717, 1.165) is 5.57 Å². The lowest BCUT2D eigenvalue weighted by Gasteiger charge is -1.91. The first-order chi connectivity index (χ1) is 4.81. The number of hydrogen-bond donors (Lipinski definition) is 1. The van der Waals surface area contributed by atoms with Gasteiger partial charge in [0.15, 0.2) is 0 Å². The molecule has 1 N–H and O–H groups in total. The monoisotopic (exact) mass is 138 g/mol. The highest BCUT2D eigenvalue weighted by Gasteiger charge is 1.83. The molecule has 0 unspecified atom stereocenters. The third-order valence-corrected chi connectivity index (χ3v) is 1.07. The average molecular weight is 138 g/mol. The van der Waals surface area contributed by atoms with E-state index in [0.29, 0.717) is 6.42 Å². The van der Waals surface area contributed by atoms with Gasteiger partial charge in [-0.2, -0.15) is 0 Å². The molecule has 0 aromatic heterocycles. The summed E-state index contributed by atoms with van der Waals surface area (Å²) in [5.74, 6) is 0. The second-order valence-corrected chi connectivity index (χ2v) is 2.02. The second kappa shape index (κ2) is 6.30. The zero-order valence-electron chi connectivity index (χ0n) is 6.38. The van der Waals surface area contributed by atoms with Gasteiger partial charge in [-0.25, -0.2) is 0 Å². The Labute approximate surface area is 62.4 Å². The summed E-state index contributed by atoms with van der Waals surface area (Å²) in [4.78, 5) is 0. The predicted molar refractivity (Wildman–Crippen MR) is 44.8 cm³/mol. The molecular formula is C9H14O. The van der Waals surface area contributed by atoms with E-state index in [1.807, 2.05) is 31.2 Å². The maximum atomic E-state index is 8.48. The van der Waals surface area contributed by atoms with Gasteiger partial charge in [-0.1, -0.05) is 36.5 Å². The molecule has 0 spiro atoms. The third kappa shape index (κ3) is 5.32. The Morgan fingerprint density at radius 3 is 2.70 bits per heavy atom. The molecule has 0 aliphatic heterocycles. The van der Waals surface area contributed by atoms with Crippen LogP contribution in [-0.4, -0.2) is 11.7 Å². The molecule has 0 saturated carbocycles. The van der Waals surface area contributed by atoms with Crippen molar-refractivity contribution in [1.29, 1.82) is 0 Å². The molecule has 0 aromatic rings. The molecule has 0 aliphatic carbocycles. The van der Waals surface area contributed by atoms with Crippen LogP contribution in [0.3, 0.4) is 0 Å². The maximum Gasteiger partial charge on any atom is 0.0471 e. The smallest absolute Gasteiger partial charge is 0.0471 e. The lowest BCUT2D eigenvalue weighted by atomic mass is 10.2. The van der Waals surface area contributed by atoms with Crippen LogP contribution in [0.25, 0.3) is 0 Å². The van der Waals surface area contributed by atoms with Crippen molar-refractivity contribution in [1.82, 2.24) is 0 Å². The molecule has 0 aliphatic rings. The Morgan fingerprint density at radius 1 is 1.50 bits per heavy atom. The van der Waals surface area contributed by atoms with Crippen LogP contribution in [0.1, 0.15) is 13.3 Å². The van der Waals surface area contributed by atoms with Crippen LogP contribution in [-0.2, 0) is 0 Å². The largest absolute Gasteiger partial charge is 0.396 e. The molecule has 10 heavy (non-hydrogen) atoms. The molecule has 0 heterocycles. The van der Waals surface area contributed by atoms with Crippen LogP contribution in [0.5, 0.6) is 0 Å². The molecule has 56 valence electrons. The van der Waals surface area contributed by atoms with Crippen molar-refractivity contribution in [3.8, 4) is 0 Å². The topological polar surface area (TPSA) is 20.2 Å². The highest BCUT2D eigenvalue weighted by atomic mass is 16.2. The summed E-state index contributed by atoms with van der Waals surface area (Å²) < 4.78 is 0. The molecule has 0 rings (SSSR count). The second-order valence-electron chi connectivity index (χ2n) is 2.02. The summed E-state index contributed by atoms with van der Waals surface area (Å²) in [6.07, 6.45) is 8.35. The highest BCUT2D eigenvalue weighted by molar-refractivity contribution is 5.18. The fourth-order valence-electron chi connectivity index (χ4n) is 0.530. The van der Waals surface area contributed by atoms with Crippen molar-refractivity contribution in [3.05, 3.63) is 36.5 Å². The fourth-order valence-corrected chi connectivity index (χ4v) is 0.530. The van der Waals surface area contributed by atoms with Crippen molar-refractivity contribution in [2.24, 2.45) is 0 Å². The van der Waals surface area contributed by atoms with E-state index in [-0.39, 0.29) is 6.61 Å². The molecule has 0 saturated heterocycles. The zero-order valence-corrected chi connectivity index (χ0v) is 6.38. The van der Waals surface area contributed by atoms with Crippen LogP contribution < -0.4 is 0 Å². The van der Waals surface area contributed by atoms with E-state index >= 15 is 0 Å². The van der Waals surface area contributed by atoms with Gasteiger partial charge in [-0.3, -0.25) is 0 Å². The average Bonchev–Trinajstić information content (AvgIpc) is 1.89. The minimum absolute atomic E-state index is 0.180. The van der Waals surface area contributed by atoms with Crippen LogP contribution in [0.2, 0.25) is 0 Å². The van der Waals surface area contributed by atoms with E-state index < -0.39 is 0 Å². The summed E-state index contributed by atoms with van der Waals surface area (Å²) in [6, 6.07) is 0. The van der Waals surface area contributed by atoms with Crippen molar-refractivity contribution in [3.63, 3.8) is 0 Å². The van der Waals surface area contributed by atoms with Crippen molar-refractivity contribution >= 4 is 0 Å². The van der Waals surface area contributed by atoms with Gasteiger partial charge in [-0.15, -0.1) is 0 Å². The Hall–Kier alpha value is -0.820. The predicted octanol–water partition coefficient (Wildman–Crippen LogP) is 2.06. The van der Waals surface area contributed by atoms with Gasteiger partial charge >= 0.3 is 0 Å². The Balaban J connectivity index is 3.56. The lowest BCUT2D eigenvalue weighted by molar-refractivity contribution is 0.300. The highest BCUT2D eigenvalue weighted by Crippen LogP contribution is 1.97. The summed E-state index contributed by atoms with van der Waals surface area (Å²) in [7, 11) is 0. The van der Waals surface area contributed by atoms with Gasteiger partial charge in [0.2, 0.25) is 0 Å². The number of aliphatic hydroxyl groups excluding tert-OH is 1. The minimum atomic E-state index is 0.180. The molecule has 1 nitrogen and oxygen atoms in total. The molecule has 0 radical (unpaired) electrons. The maximum absolute atomic E-state index is 8.48. The van der Waals surface area contributed by atoms with E-state index in [4.69, 9.17) is 5.11 Å². The van der Waals surface area contributed by atoms with E-state index in [1.165, 1.54) is 0 Å². The minimum Gasteiger partial charge on any atom is -0.396 e. The van der Waals surface area contributed by atoms with Crippen molar-refractivity contribution in [2.45, 2.75) is 13.3 Å². The van der Waals surface area contributed by atoms with Crippen LogP contribution in [0.4, 0.5) is 0 Å². The summed E-state index contributed by atoms with van der Waals surface area (Å²) >= 11 is 0. The molecule has 1 heteroatoms. The van der Waals surface area contributed by atoms with Crippen LogP contribution >= 0.6 is 0 Å². The van der Waals surface area contributed by atoms with Crippen LogP contribution in [0, 0.1) is 0 Å². The Kier molecular flexibility index (Phi) is 5.79. The van der Waals surface area contributed by atoms with E-state index in [1.54, 1.807) is 0 Å². The standard InChI is InChI=1S/C9H14O/c1-3-4-5-6-9(2)7-8-10/h3-6,10H,2,7-8H2,1H3. The van der Waals surface area contributed by atoms with Gasteiger partial charge in [0, 0.05) is 6.61 Å². The molecule has 0 atom stereocenters. The lowest BCUT2D eigenvalue weighted by Crippen LogP contribution is -1.81. The zero-order chi connectivity index (χ0) is 7.82. The first-order valence-electron chi connectivity index (χ1n) is 3.39. The first-order valence-corrected chi connectivity index (χ1v) is 3.39. The Morgan fingerprint density at radius 2 is 2.20 bits per heavy atom. The SMILES string of the molecule is C=C(C=CC=CC)CCO. The summed E-state index contributed by atoms with van der Waals surface area (Å²) in [5.41, 5.74) is 0.959. The van der Waals surface area contributed by atoms with E-state index in [2.05, 4.69) is 6.58 Å². The number of rotatable bonds is 4. The quantitative estimate of drug-likeness (QED) is 0.589. The number of allylic oxidation sites excluding steroid dienone is 4. The third-order valence-electron chi connectivity index (χ3n) is 1.07. The Bertz CT molecular complexity index is 143. The summed E-state index contributed by atoms with van der Waals surface area (Å²) in [6.45, 7) is 5.87. The molecule has 0 fully saturated rings. The van der Waals surface area contributed by atoms with Crippen molar-refractivity contribution < 1.29 is 5.11 Å². The van der Waals surface area contributed by atoms with Gasteiger partial charge < -0.3 is 5.11 Å². The van der Waals surface area contributed by atoms with Gasteiger partial charge in [0.05, 0.1) is 0 Å².